The van der Waals surface area contributed by atoms with E-state index in [4.69, 9.17) is 27.7 Å². The topological polar surface area (TPSA) is 46.3 Å². The summed E-state index contributed by atoms with van der Waals surface area (Å²) in [4.78, 5) is 0. The molecule has 0 bridgehead atoms. The van der Waals surface area contributed by atoms with E-state index in [-0.39, 0.29) is 6.61 Å². The minimum Gasteiger partial charge on any atom is -0.391 e. The zero-order valence-electron chi connectivity index (χ0n) is 9.70. The Balaban J connectivity index is 2.68. The average Bonchev–Trinajstić information content (AvgIpc) is 2.72. The molecule has 0 saturated carbocycles. The van der Waals surface area contributed by atoms with Crippen LogP contribution in [0.5, 0.6) is 0 Å². The van der Waals surface area contributed by atoms with Gasteiger partial charge >= 0.3 is 0 Å². The number of allylic oxidation sites excluding steroid dienone is 1. The number of hydrogen-bond acceptors (Lipinski definition) is 3. The molecule has 94 valence electrons. The summed E-state index contributed by atoms with van der Waals surface area (Å²) in [5.74, 6) is 0.462. The number of hydrogen-bond donors (Lipinski definition) is 1. The third-order valence-corrected chi connectivity index (χ3v) is 3.16. The van der Waals surface area contributed by atoms with Crippen LogP contribution in [0.25, 0.3) is 16.8 Å². The molecule has 0 amide bonds. The summed E-state index contributed by atoms with van der Waals surface area (Å²) in [5.41, 5.74) is 2.23. The van der Waals surface area contributed by atoms with E-state index in [0.717, 1.165) is 0 Å². The van der Waals surface area contributed by atoms with Crippen LogP contribution in [0.4, 0.5) is 0 Å². The van der Waals surface area contributed by atoms with Gasteiger partial charge in [0, 0.05) is 5.56 Å². The van der Waals surface area contributed by atoms with Crippen molar-refractivity contribution in [2.75, 3.05) is 0 Å². The Morgan fingerprint density at radius 1 is 1.39 bits per heavy atom. The lowest BCUT2D eigenvalue weighted by Gasteiger charge is -2.05. The van der Waals surface area contributed by atoms with E-state index in [1.807, 2.05) is 0 Å². The fraction of sp³-hybridized carbons (Fsp3) is 0.154. The maximum Gasteiger partial charge on any atom is 0.168 e. The first-order valence-corrected chi connectivity index (χ1v) is 6.01. The standard InChI is InChI=1S/C13H11Cl2NO2/c1-7(2)13-8(6-17)12(16-18-13)11-9(14)4-3-5-10(11)15/h3-5,17H,1,6H2,2H3. The summed E-state index contributed by atoms with van der Waals surface area (Å²) in [6.07, 6.45) is 0. The van der Waals surface area contributed by atoms with Crippen LogP contribution in [0, 0.1) is 0 Å². The molecular weight excluding hydrogens is 273 g/mol. The molecule has 1 N–H and O–H groups in total. The number of benzene rings is 1. The van der Waals surface area contributed by atoms with Gasteiger partial charge < -0.3 is 9.63 Å². The number of halogens is 2. The maximum absolute atomic E-state index is 9.45. The highest BCUT2D eigenvalue weighted by Crippen LogP contribution is 2.37. The molecule has 0 radical (unpaired) electrons. The summed E-state index contributed by atoms with van der Waals surface area (Å²) < 4.78 is 5.19. The Hall–Kier alpha value is -1.29. The Morgan fingerprint density at radius 3 is 2.50 bits per heavy atom. The lowest BCUT2D eigenvalue weighted by molar-refractivity contribution is 0.280. The van der Waals surface area contributed by atoms with E-state index in [1.165, 1.54) is 0 Å². The Morgan fingerprint density at radius 2 is 2.00 bits per heavy atom. The van der Waals surface area contributed by atoms with Gasteiger partial charge in [0.1, 0.15) is 5.69 Å². The van der Waals surface area contributed by atoms with Crippen molar-refractivity contribution < 1.29 is 9.63 Å². The molecule has 2 aromatic rings. The number of aliphatic hydroxyl groups excluding tert-OH is 1. The molecule has 3 nitrogen and oxygen atoms in total. The highest BCUT2D eigenvalue weighted by atomic mass is 35.5. The highest BCUT2D eigenvalue weighted by Gasteiger charge is 2.21. The van der Waals surface area contributed by atoms with Gasteiger partial charge in [-0.15, -0.1) is 0 Å². The predicted octanol–water partition coefficient (Wildman–Crippen LogP) is 4.17. The van der Waals surface area contributed by atoms with E-state index >= 15 is 0 Å². The molecule has 0 fully saturated rings. The van der Waals surface area contributed by atoms with Crippen LogP contribution in [0.2, 0.25) is 10.0 Å². The first kappa shape index (κ1) is 13.1. The van der Waals surface area contributed by atoms with Gasteiger partial charge in [-0.1, -0.05) is 41.0 Å². The number of aliphatic hydroxyl groups is 1. The van der Waals surface area contributed by atoms with E-state index in [9.17, 15) is 5.11 Å². The monoisotopic (exact) mass is 283 g/mol. The van der Waals surface area contributed by atoms with Crippen molar-refractivity contribution in [2.24, 2.45) is 0 Å². The van der Waals surface area contributed by atoms with Gasteiger partial charge in [0.25, 0.3) is 0 Å². The fourth-order valence-corrected chi connectivity index (χ4v) is 2.29. The zero-order valence-corrected chi connectivity index (χ0v) is 11.2. The Kier molecular flexibility index (Phi) is 3.76. The molecule has 0 saturated heterocycles. The summed E-state index contributed by atoms with van der Waals surface area (Å²) in [7, 11) is 0. The third-order valence-electron chi connectivity index (χ3n) is 2.53. The second-order valence-corrected chi connectivity index (χ2v) is 4.69. The Labute approximate surface area is 115 Å². The molecule has 1 heterocycles. The third kappa shape index (κ3) is 2.17. The minimum atomic E-state index is -0.220. The molecule has 0 unspecified atom stereocenters. The van der Waals surface area contributed by atoms with Gasteiger partial charge in [-0.05, 0) is 24.6 Å². The molecule has 18 heavy (non-hydrogen) atoms. The van der Waals surface area contributed by atoms with Crippen molar-refractivity contribution in [1.82, 2.24) is 5.16 Å². The average molecular weight is 284 g/mol. The summed E-state index contributed by atoms with van der Waals surface area (Å²) >= 11 is 12.2. The molecule has 1 aromatic carbocycles. The lowest BCUT2D eigenvalue weighted by atomic mass is 10.0. The smallest absolute Gasteiger partial charge is 0.168 e. The molecule has 2 rings (SSSR count). The van der Waals surface area contributed by atoms with E-state index in [2.05, 4.69) is 11.7 Å². The van der Waals surface area contributed by atoms with Crippen molar-refractivity contribution >= 4 is 28.8 Å². The second kappa shape index (κ2) is 5.14. The largest absolute Gasteiger partial charge is 0.391 e. The first-order valence-electron chi connectivity index (χ1n) is 5.26. The predicted molar refractivity (Wildman–Crippen MR) is 72.6 cm³/mol. The number of nitrogens with zero attached hydrogens (tertiary/aromatic N) is 1. The number of aromatic nitrogens is 1. The molecule has 0 aliphatic carbocycles. The van der Waals surface area contributed by atoms with E-state index in [0.29, 0.717) is 38.2 Å². The van der Waals surface area contributed by atoms with Crippen molar-refractivity contribution in [2.45, 2.75) is 13.5 Å². The number of rotatable bonds is 3. The van der Waals surface area contributed by atoms with E-state index in [1.54, 1.807) is 25.1 Å². The zero-order chi connectivity index (χ0) is 13.3. The Bertz CT molecular complexity index is 585. The van der Waals surface area contributed by atoms with Gasteiger partial charge in [-0.3, -0.25) is 0 Å². The minimum absolute atomic E-state index is 0.220. The van der Waals surface area contributed by atoms with Crippen LogP contribution < -0.4 is 0 Å². The van der Waals surface area contributed by atoms with Gasteiger partial charge in [0.2, 0.25) is 0 Å². The molecule has 0 aliphatic heterocycles. The molecule has 0 spiro atoms. The molecule has 1 aromatic heterocycles. The quantitative estimate of drug-likeness (QED) is 0.919. The molecular formula is C13H11Cl2NO2. The van der Waals surface area contributed by atoms with Gasteiger partial charge in [-0.25, -0.2) is 0 Å². The fourth-order valence-electron chi connectivity index (χ4n) is 1.71. The maximum atomic E-state index is 9.45. The highest BCUT2D eigenvalue weighted by molar-refractivity contribution is 6.39. The normalized spacial score (nSPS) is 10.7. The van der Waals surface area contributed by atoms with Crippen molar-refractivity contribution in [3.05, 3.63) is 46.1 Å². The summed E-state index contributed by atoms with van der Waals surface area (Å²) in [5, 5.41) is 14.3. The summed E-state index contributed by atoms with van der Waals surface area (Å²) in [6, 6.07) is 5.16. The summed E-state index contributed by atoms with van der Waals surface area (Å²) in [6.45, 7) is 5.33. The SMILES string of the molecule is C=C(C)c1onc(-c2c(Cl)cccc2Cl)c1CO. The van der Waals surface area contributed by atoms with Crippen LogP contribution in [-0.2, 0) is 6.61 Å². The first-order chi connectivity index (χ1) is 8.56. The van der Waals surface area contributed by atoms with Crippen LogP contribution in [0.3, 0.4) is 0 Å². The van der Waals surface area contributed by atoms with Crippen LogP contribution in [0.1, 0.15) is 18.2 Å². The van der Waals surface area contributed by atoms with E-state index < -0.39 is 0 Å². The van der Waals surface area contributed by atoms with Gasteiger partial charge in [-0.2, -0.15) is 0 Å². The molecule has 0 aliphatic rings. The van der Waals surface area contributed by atoms with Gasteiger partial charge in [0.05, 0.1) is 22.2 Å². The van der Waals surface area contributed by atoms with Crippen molar-refractivity contribution in [3.63, 3.8) is 0 Å². The van der Waals surface area contributed by atoms with Crippen LogP contribution in [0.15, 0.2) is 29.3 Å². The molecule has 5 heteroatoms. The van der Waals surface area contributed by atoms with Crippen LogP contribution in [-0.4, -0.2) is 10.3 Å². The lowest BCUT2D eigenvalue weighted by Crippen LogP contribution is -1.91. The van der Waals surface area contributed by atoms with Crippen LogP contribution >= 0.6 is 23.2 Å². The van der Waals surface area contributed by atoms with Crippen molar-refractivity contribution in [3.8, 4) is 11.3 Å². The second-order valence-electron chi connectivity index (χ2n) is 3.87. The van der Waals surface area contributed by atoms with Gasteiger partial charge in [0.15, 0.2) is 5.76 Å². The molecule has 0 atom stereocenters. The van der Waals surface area contributed by atoms with Crippen molar-refractivity contribution in [1.29, 1.82) is 0 Å².